The van der Waals surface area contributed by atoms with Gasteiger partial charge < -0.3 is 20.6 Å². The molecule has 7 heteroatoms. The molecule has 1 aromatic carbocycles. The van der Waals surface area contributed by atoms with E-state index in [1.807, 2.05) is 0 Å². The second kappa shape index (κ2) is 5.25. The number of nitrogens with zero attached hydrogens (tertiary/aromatic N) is 1. The van der Waals surface area contributed by atoms with Crippen LogP contribution in [0.5, 0.6) is 0 Å². The fourth-order valence-electron chi connectivity index (χ4n) is 1.69. The minimum atomic E-state index is -0.932. The first-order valence-corrected chi connectivity index (χ1v) is 5.75. The number of amides is 1. The lowest BCUT2D eigenvalue weighted by Gasteiger charge is -2.09. The maximum absolute atomic E-state index is 11.4. The highest BCUT2D eigenvalue weighted by Gasteiger charge is 2.12. The van der Waals surface area contributed by atoms with Crippen LogP contribution in [0.25, 0.3) is 11.1 Å². The van der Waals surface area contributed by atoms with Crippen molar-refractivity contribution in [2.24, 2.45) is 12.8 Å². The number of nitrogens with one attached hydrogen (secondary N) is 1. The van der Waals surface area contributed by atoms with E-state index in [4.69, 9.17) is 15.3 Å². The molecule has 1 amide bonds. The SMILES string of the molecule is Cn1c(=O)oc2cc(CNC(=O)C(N)CO)ccc21. The molecule has 0 bridgehead atoms. The normalized spacial score (nSPS) is 12.6. The Hall–Kier alpha value is -2.12. The van der Waals surface area contributed by atoms with Crippen molar-refractivity contribution in [1.82, 2.24) is 9.88 Å². The highest BCUT2D eigenvalue weighted by atomic mass is 16.4. The first-order chi connectivity index (χ1) is 9.02. The van der Waals surface area contributed by atoms with E-state index < -0.39 is 24.3 Å². The number of nitrogens with two attached hydrogens (primary N) is 1. The van der Waals surface area contributed by atoms with Crippen molar-refractivity contribution in [3.8, 4) is 0 Å². The molecule has 7 nitrogen and oxygen atoms in total. The van der Waals surface area contributed by atoms with E-state index in [1.54, 1.807) is 25.2 Å². The quantitative estimate of drug-likeness (QED) is 0.661. The second-order valence-corrected chi connectivity index (χ2v) is 4.24. The first-order valence-electron chi connectivity index (χ1n) is 5.75. The monoisotopic (exact) mass is 265 g/mol. The van der Waals surface area contributed by atoms with E-state index in [2.05, 4.69) is 5.32 Å². The average Bonchev–Trinajstić information content (AvgIpc) is 2.70. The lowest BCUT2D eigenvalue weighted by Crippen LogP contribution is -2.42. The molecule has 1 aromatic heterocycles. The number of aliphatic hydroxyl groups excluding tert-OH is 1. The summed E-state index contributed by atoms with van der Waals surface area (Å²) in [6.07, 6.45) is 0. The largest absolute Gasteiger partial charge is 0.419 e. The molecule has 0 radical (unpaired) electrons. The lowest BCUT2D eigenvalue weighted by molar-refractivity contribution is -0.123. The summed E-state index contributed by atoms with van der Waals surface area (Å²) < 4.78 is 6.45. The van der Waals surface area contributed by atoms with Gasteiger partial charge >= 0.3 is 5.76 Å². The molecule has 19 heavy (non-hydrogen) atoms. The standard InChI is InChI=1S/C12H15N3O4/c1-15-9-3-2-7(4-10(9)19-12(15)18)5-14-11(17)8(13)6-16/h2-4,8,16H,5-6,13H2,1H3,(H,14,17). The number of oxazole rings is 1. The van der Waals surface area contributed by atoms with Crippen molar-refractivity contribution in [1.29, 1.82) is 0 Å². The van der Waals surface area contributed by atoms with Gasteiger partial charge in [-0.15, -0.1) is 0 Å². The number of carbonyl (C=O) groups is 1. The van der Waals surface area contributed by atoms with E-state index >= 15 is 0 Å². The number of rotatable bonds is 4. The van der Waals surface area contributed by atoms with Gasteiger partial charge in [0.2, 0.25) is 5.91 Å². The van der Waals surface area contributed by atoms with Crippen LogP contribution in [-0.4, -0.2) is 28.2 Å². The Bertz CT molecular complexity index is 659. The Morgan fingerprint density at radius 3 is 3.00 bits per heavy atom. The molecule has 102 valence electrons. The van der Waals surface area contributed by atoms with E-state index in [-0.39, 0.29) is 6.54 Å². The first kappa shape index (κ1) is 13.3. The van der Waals surface area contributed by atoms with Crippen LogP contribution in [0.1, 0.15) is 5.56 Å². The zero-order valence-corrected chi connectivity index (χ0v) is 10.4. The molecule has 0 saturated carbocycles. The molecule has 1 atom stereocenters. The molecule has 0 aliphatic carbocycles. The third kappa shape index (κ3) is 2.67. The van der Waals surface area contributed by atoms with Gasteiger partial charge in [0.1, 0.15) is 6.04 Å². The Morgan fingerprint density at radius 2 is 2.32 bits per heavy atom. The predicted octanol–water partition coefficient (Wildman–Crippen LogP) is -0.933. The smallest absolute Gasteiger partial charge is 0.408 e. The molecule has 2 rings (SSSR count). The van der Waals surface area contributed by atoms with Gasteiger partial charge in [-0.05, 0) is 17.7 Å². The van der Waals surface area contributed by atoms with Gasteiger partial charge in [0.05, 0.1) is 12.1 Å². The van der Waals surface area contributed by atoms with Crippen LogP contribution in [0.4, 0.5) is 0 Å². The van der Waals surface area contributed by atoms with Crippen molar-refractivity contribution in [2.75, 3.05) is 6.61 Å². The molecule has 2 aromatic rings. The van der Waals surface area contributed by atoms with E-state index in [0.717, 1.165) is 5.56 Å². The summed E-state index contributed by atoms with van der Waals surface area (Å²) in [4.78, 5) is 22.7. The van der Waals surface area contributed by atoms with Crippen molar-refractivity contribution < 1.29 is 14.3 Å². The Morgan fingerprint density at radius 1 is 1.58 bits per heavy atom. The number of aromatic nitrogens is 1. The molecule has 4 N–H and O–H groups in total. The van der Waals surface area contributed by atoms with Crippen LogP contribution in [0.2, 0.25) is 0 Å². The molecule has 0 aliphatic rings. The summed E-state index contributed by atoms with van der Waals surface area (Å²) in [6, 6.07) is 4.27. The number of aryl methyl sites for hydroxylation is 1. The summed E-state index contributed by atoms with van der Waals surface area (Å²) in [5.74, 6) is -0.865. The summed E-state index contributed by atoms with van der Waals surface area (Å²) in [5.41, 5.74) is 7.30. The van der Waals surface area contributed by atoms with Crippen LogP contribution in [-0.2, 0) is 18.4 Å². The third-order valence-electron chi connectivity index (χ3n) is 2.86. The molecule has 0 aliphatic heterocycles. The number of hydrogen-bond donors (Lipinski definition) is 3. The molecule has 1 unspecified atom stereocenters. The molecule has 0 saturated heterocycles. The van der Waals surface area contributed by atoms with Gasteiger partial charge in [-0.1, -0.05) is 6.07 Å². The Balaban J connectivity index is 2.14. The zero-order valence-electron chi connectivity index (χ0n) is 10.4. The Kier molecular flexibility index (Phi) is 3.68. The van der Waals surface area contributed by atoms with Gasteiger partial charge in [-0.25, -0.2) is 4.79 Å². The minimum absolute atomic E-state index is 0.251. The average molecular weight is 265 g/mol. The third-order valence-corrected chi connectivity index (χ3v) is 2.86. The zero-order chi connectivity index (χ0) is 14.0. The summed E-state index contributed by atoms with van der Waals surface area (Å²) in [5, 5.41) is 11.3. The second-order valence-electron chi connectivity index (χ2n) is 4.24. The number of benzene rings is 1. The van der Waals surface area contributed by atoms with Crippen LogP contribution in [0.3, 0.4) is 0 Å². The fourth-order valence-corrected chi connectivity index (χ4v) is 1.69. The minimum Gasteiger partial charge on any atom is -0.408 e. The predicted molar refractivity (Wildman–Crippen MR) is 68.4 cm³/mol. The van der Waals surface area contributed by atoms with Gasteiger partial charge in [-0.3, -0.25) is 9.36 Å². The summed E-state index contributed by atoms with van der Waals surface area (Å²) in [7, 11) is 1.62. The highest BCUT2D eigenvalue weighted by Crippen LogP contribution is 2.14. The van der Waals surface area contributed by atoms with Gasteiger partial charge in [0, 0.05) is 13.6 Å². The maximum Gasteiger partial charge on any atom is 0.419 e. The van der Waals surface area contributed by atoms with Crippen LogP contribution in [0.15, 0.2) is 27.4 Å². The fraction of sp³-hybridized carbons (Fsp3) is 0.333. The van der Waals surface area contributed by atoms with Crippen molar-refractivity contribution in [2.45, 2.75) is 12.6 Å². The van der Waals surface area contributed by atoms with Crippen molar-refractivity contribution in [3.05, 3.63) is 34.3 Å². The Labute approximate surface area is 108 Å². The van der Waals surface area contributed by atoms with Crippen molar-refractivity contribution >= 4 is 17.0 Å². The molecule has 0 spiro atoms. The van der Waals surface area contributed by atoms with Crippen LogP contribution >= 0.6 is 0 Å². The number of aliphatic hydroxyl groups is 1. The summed E-state index contributed by atoms with van der Waals surface area (Å²) >= 11 is 0. The molecule has 0 fully saturated rings. The summed E-state index contributed by atoms with van der Waals surface area (Å²) in [6.45, 7) is -0.153. The topological polar surface area (TPSA) is 110 Å². The van der Waals surface area contributed by atoms with Gasteiger partial charge in [-0.2, -0.15) is 0 Å². The van der Waals surface area contributed by atoms with E-state index in [1.165, 1.54) is 4.57 Å². The van der Waals surface area contributed by atoms with Gasteiger partial charge in [0.15, 0.2) is 5.58 Å². The number of hydrogen-bond acceptors (Lipinski definition) is 5. The van der Waals surface area contributed by atoms with Gasteiger partial charge in [0.25, 0.3) is 0 Å². The molecular formula is C12H15N3O4. The van der Waals surface area contributed by atoms with Crippen LogP contribution < -0.4 is 16.8 Å². The van der Waals surface area contributed by atoms with E-state index in [9.17, 15) is 9.59 Å². The van der Waals surface area contributed by atoms with E-state index in [0.29, 0.717) is 11.1 Å². The number of carbonyl (C=O) groups excluding carboxylic acids is 1. The highest BCUT2D eigenvalue weighted by molar-refractivity contribution is 5.81. The van der Waals surface area contributed by atoms with Crippen LogP contribution in [0, 0.1) is 0 Å². The number of fused-ring (bicyclic) bond motifs is 1. The van der Waals surface area contributed by atoms with Crippen molar-refractivity contribution in [3.63, 3.8) is 0 Å². The molecular weight excluding hydrogens is 250 g/mol. The molecule has 1 heterocycles. The lowest BCUT2D eigenvalue weighted by atomic mass is 10.2. The maximum atomic E-state index is 11.4.